The lowest BCUT2D eigenvalue weighted by atomic mass is 9.94. The van der Waals surface area contributed by atoms with E-state index in [4.69, 9.17) is 11.6 Å². The highest BCUT2D eigenvalue weighted by Gasteiger charge is 2.25. The first kappa shape index (κ1) is 14.4. The van der Waals surface area contributed by atoms with Crippen LogP contribution in [0.25, 0.3) is 0 Å². The Kier molecular flexibility index (Phi) is 5.24. The highest BCUT2D eigenvalue weighted by Crippen LogP contribution is 2.27. The van der Waals surface area contributed by atoms with Crippen molar-refractivity contribution < 1.29 is 0 Å². The van der Waals surface area contributed by atoms with Gasteiger partial charge in [-0.05, 0) is 31.4 Å². The smallest absolute Gasteiger partial charge is 0.0672 e. The fraction of sp³-hybridized carbons (Fsp3) is 0.562. The monoisotopic (exact) mass is 276 g/mol. The van der Waals surface area contributed by atoms with E-state index in [1.54, 1.807) is 0 Å². The molecule has 1 fully saturated rings. The number of hydrogen-bond acceptors (Lipinski definition) is 2. The van der Waals surface area contributed by atoms with Crippen LogP contribution in [0, 0.1) is 17.2 Å². The van der Waals surface area contributed by atoms with E-state index in [1.807, 2.05) is 18.2 Å². The fourth-order valence-corrected chi connectivity index (χ4v) is 3.20. The average Bonchev–Trinajstić information content (AvgIpc) is 2.64. The Morgan fingerprint density at radius 2 is 2.00 bits per heavy atom. The highest BCUT2D eigenvalue weighted by molar-refractivity contribution is 6.31. The first-order valence-electron chi connectivity index (χ1n) is 7.12. The lowest BCUT2D eigenvalue weighted by molar-refractivity contribution is 0.361. The number of nitrogens with zero attached hydrogens (tertiary/aromatic N) is 1. The van der Waals surface area contributed by atoms with Crippen molar-refractivity contribution in [2.75, 3.05) is 0 Å². The summed E-state index contributed by atoms with van der Waals surface area (Å²) in [5.41, 5.74) is 1.12. The lowest BCUT2D eigenvalue weighted by Gasteiger charge is -2.26. The second-order valence-corrected chi connectivity index (χ2v) is 5.80. The van der Waals surface area contributed by atoms with Crippen LogP contribution in [0.15, 0.2) is 24.3 Å². The molecule has 3 heteroatoms. The molecule has 0 aromatic heterocycles. The molecular formula is C16H21ClN2. The molecule has 2 unspecified atom stereocenters. The molecule has 1 aliphatic rings. The van der Waals surface area contributed by atoms with Crippen molar-refractivity contribution in [2.45, 2.75) is 51.1 Å². The maximum atomic E-state index is 9.31. The molecule has 1 aliphatic carbocycles. The molecule has 1 aromatic carbocycles. The van der Waals surface area contributed by atoms with Crippen molar-refractivity contribution in [3.63, 3.8) is 0 Å². The molecular weight excluding hydrogens is 256 g/mol. The summed E-state index contributed by atoms with van der Waals surface area (Å²) in [6, 6.07) is 10.9. The van der Waals surface area contributed by atoms with E-state index in [1.165, 1.54) is 19.3 Å². The van der Waals surface area contributed by atoms with Crippen LogP contribution in [0.4, 0.5) is 0 Å². The van der Waals surface area contributed by atoms with Crippen molar-refractivity contribution in [1.29, 1.82) is 5.26 Å². The summed E-state index contributed by atoms with van der Waals surface area (Å²) in [7, 11) is 0. The van der Waals surface area contributed by atoms with Gasteiger partial charge in [0.05, 0.1) is 12.0 Å². The van der Waals surface area contributed by atoms with Gasteiger partial charge in [-0.1, -0.05) is 49.1 Å². The third kappa shape index (κ3) is 3.72. The summed E-state index contributed by atoms with van der Waals surface area (Å²) in [5, 5.41) is 13.7. The van der Waals surface area contributed by atoms with Gasteiger partial charge in [0.25, 0.3) is 0 Å². The first-order valence-corrected chi connectivity index (χ1v) is 7.50. The Labute approximate surface area is 120 Å². The Bertz CT molecular complexity index is 452. The third-order valence-corrected chi connectivity index (χ3v) is 4.36. The summed E-state index contributed by atoms with van der Waals surface area (Å²) in [5.74, 6) is 0.132. The highest BCUT2D eigenvalue weighted by atomic mass is 35.5. The van der Waals surface area contributed by atoms with E-state index >= 15 is 0 Å². The van der Waals surface area contributed by atoms with Gasteiger partial charge in [-0.3, -0.25) is 0 Å². The van der Waals surface area contributed by atoms with Gasteiger partial charge in [0.15, 0.2) is 0 Å². The number of benzene rings is 1. The molecule has 0 spiro atoms. The Morgan fingerprint density at radius 1 is 1.26 bits per heavy atom. The Morgan fingerprint density at radius 3 is 2.74 bits per heavy atom. The van der Waals surface area contributed by atoms with E-state index in [0.29, 0.717) is 6.04 Å². The molecule has 0 radical (unpaired) electrons. The predicted molar refractivity (Wildman–Crippen MR) is 79.0 cm³/mol. The lowest BCUT2D eigenvalue weighted by Crippen LogP contribution is -2.36. The molecule has 19 heavy (non-hydrogen) atoms. The predicted octanol–water partition coefficient (Wildman–Crippen LogP) is 4.46. The van der Waals surface area contributed by atoms with Crippen molar-refractivity contribution in [3.8, 4) is 6.07 Å². The van der Waals surface area contributed by atoms with Crippen LogP contribution >= 0.6 is 11.6 Å². The van der Waals surface area contributed by atoms with E-state index in [0.717, 1.165) is 23.4 Å². The SMILES string of the molecule is C[C@@H](NC1CCCCCC1C#N)c1ccccc1Cl. The van der Waals surface area contributed by atoms with E-state index in [9.17, 15) is 5.26 Å². The molecule has 0 saturated heterocycles. The molecule has 102 valence electrons. The third-order valence-electron chi connectivity index (χ3n) is 4.02. The Balaban J connectivity index is 2.06. The molecule has 3 atom stereocenters. The molecule has 1 aromatic rings. The quantitative estimate of drug-likeness (QED) is 0.827. The maximum absolute atomic E-state index is 9.31. The molecule has 2 rings (SSSR count). The van der Waals surface area contributed by atoms with Gasteiger partial charge in [0.2, 0.25) is 0 Å². The largest absolute Gasteiger partial charge is 0.306 e. The number of rotatable bonds is 3. The van der Waals surface area contributed by atoms with Crippen LogP contribution in [0.1, 0.15) is 50.6 Å². The second kappa shape index (κ2) is 6.93. The number of nitrogens with one attached hydrogen (secondary N) is 1. The van der Waals surface area contributed by atoms with Crippen LogP contribution in [0.3, 0.4) is 0 Å². The normalized spacial score (nSPS) is 25.3. The molecule has 0 aliphatic heterocycles. The zero-order chi connectivity index (χ0) is 13.7. The molecule has 2 nitrogen and oxygen atoms in total. The van der Waals surface area contributed by atoms with E-state index in [-0.39, 0.29) is 12.0 Å². The zero-order valence-electron chi connectivity index (χ0n) is 11.4. The maximum Gasteiger partial charge on any atom is 0.0672 e. The topological polar surface area (TPSA) is 35.8 Å². The van der Waals surface area contributed by atoms with Crippen LogP contribution in [-0.2, 0) is 0 Å². The summed E-state index contributed by atoms with van der Waals surface area (Å²) in [4.78, 5) is 0. The Hall–Kier alpha value is -1.04. The molecule has 0 heterocycles. The fourth-order valence-electron chi connectivity index (χ4n) is 2.90. The van der Waals surface area contributed by atoms with Crippen molar-refractivity contribution >= 4 is 11.6 Å². The van der Waals surface area contributed by atoms with Crippen LogP contribution in [0.5, 0.6) is 0 Å². The van der Waals surface area contributed by atoms with Gasteiger partial charge in [0.1, 0.15) is 0 Å². The van der Waals surface area contributed by atoms with Gasteiger partial charge in [-0.25, -0.2) is 0 Å². The average molecular weight is 277 g/mol. The van der Waals surface area contributed by atoms with Crippen LogP contribution < -0.4 is 5.32 Å². The second-order valence-electron chi connectivity index (χ2n) is 5.39. The van der Waals surface area contributed by atoms with Crippen molar-refractivity contribution in [2.24, 2.45) is 5.92 Å². The minimum atomic E-state index is 0.132. The first-order chi connectivity index (χ1) is 9.22. The molecule has 0 bridgehead atoms. The summed E-state index contributed by atoms with van der Waals surface area (Å²) < 4.78 is 0. The minimum absolute atomic E-state index is 0.132. The summed E-state index contributed by atoms with van der Waals surface area (Å²) in [6.07, 6.45) is 5.75. The van der Waals surface area contributed by atoms with Gasteiger partial charge >= 0.3 is 0 Å². The summed E-state index contributed by atoms with van der Waals surface area (Å²) in [6.45, 7) is 2.13. The number of nitriles is 1. The van der Waals surface area contributed by atoms with Crippen LogP contribution in [-0.4, -0.2) is 6.04 Å². The van der Waals surface area contributed by atoms with Gasteiger partial charge in [-0.2, -0.15) is 5.26 Å². The van der Waals surface area contributed by atoms with Gasteiger partial charge in [0, 0.05) is 17.1 Å². The number of hydrogen-bond donors (Lipinski definition) is 1. The number of halogens is 1. The van der Waals surface area contributed by atoms with E-state index in [2.05, 4.69) is 24.4 Å². The van der Waals surface area contributed by atoms with Crippen LogP contribution in [0.2, 0.25) is 5.02 Å². The summed E-state index contributed by atoms with van der Waals surface area (Å²) >= 11 is 6.23. The van der Waals surface area contributed by atoms with Gasteiger partial charge in [-0.15, -0.1) is 0 Å². The van der Waals surface area contributed by atoms with Gasteiger partial charge < -0.3 is 5.32 Å². The molecule has 1 N–H and O–H groups in total. The standard InChI is InChI=1S/C16H21ClN2/c1-12(14-8-5-6-9-15(14)17)19-16-10-4-2-3-7-13(16)11-18/h5-6,8-9,12-13,16,19H,2-4,7,10H2,1H3/t12-,13?,16?/m1/s1. The minimum Gasteiger partial charge on any atom is -0.306 e. The zero-order valence-corrected chi connectivity index (χ0v) is 12.2. The van der Waals surface area contributed by atoms with E-state index < -0.39 is 0 Å². The molecule has 0 amide bonds. The van der Waals surface area contributed by atoms with Crippen molar-refractivity contribution in [1.82, 2.24) is 5.32 Å². The van der Waals surface area contributed by atoms with Crippen molar-refractivity contribution in [3.05, 3.63) is 34.9 Å². The molecule has 1 saturated carbocycles.